The lowest BCUT2D eigenvalue weighted by Gasteiger charge is -2.08. The van der Waals surface area contributed by atoms with E-state index in [-0.39, 0.29) is 18.1 Å². The third kappa shape index (κ3) is 3.35. The monoisotopic (exact) mass is 204 g/mol. The van der Waals surface area contributed by atoms with E-state index in [0.29, 0.717) is 0 Å². The third-order valence-electron chi connectivity index (χ3n) is 1.99. The van der Waals surface area contributed by atoms with Crippen molar-refractivity contribution in [2.45, 2.75) is 19.3 Å². The second-order valence-electron chi connectivity index (χ2n) is 3.14. The van der Waals surface area contributed by atoms with Crippen molar-refractivity contribution in [2.75, 3.05) is 0 Å². The molecule has 0 radical (unpaired) electrons. The number of hydrogen-bond donors (Lipinski definition) is 2. The number of phenols is 1. The molecule has 1 aromatic carbocycles. The number of carboxylic acid groups (broad SMARTS) is 1. The minimum Gasteiger partial charge on any atom is -0.508 e. The van der Waals surface area contributed by atoms with Crippen molar-refractivity contribution in [3.63, 3.8) is 0 Å². The van der Waals surface area contributed by atoms with E-state index in [4.69, 9.17) is 10.2 Å². The number of aromatic hydroxyl groups is 1. The summed E-state index contributed by atoms with van der Waals surface area (Å²) in [4.78, 5) is 10.6. The first-order valence-electron chi connectivity index (χ1n) is 4.56. The van der Waals surface area contributed by atoms with Gasteiger partial charge in [0.2, 0.25) is 0 Å². The number of carbonyl (C=O) groups is 1. The largest absolute Gasteiger partial charge is 0.508 e. The Morgan fingerprint density at radius 1 is 1.40 bits per heavy atom. The molecular formula is C12H12O3. The molecule has 0 saturated heterocycles. The van der Waals surface area contributed by atoms with E-state index in [0.717, 1.165) is 5.56 Å². The van der Waals surface area contributed by atoms with Gasteiger partial charge in [-0.1, -0.05) is 18.1 Å². The van der Waals surface area contributed by atoms with E-state index in [1.165, 1.54) is 12.1 Å². The Morgan fingerprint density at radius 2 is 2.00 bits per heavy atom. The highest BCUT2D eigenvalue weighted by molar-refractivity contribution is 5.69. The average Bonchev–Trinajstić information content (AvgIpc) is 2.17. The lowest BCUT2D eigenvalue weighted by Crippen LogP contribution is -2.04. The van der Waals surface area contributed by atoms with Crippen LogP contribution in [-0.4, -0.2) is 16.2 Å². The highest BCUT2D eigenvalue weighted by atomic mass is 16.4. The Bertz CT molecular complexity index is 395. The van der Waals surface area contributed by atoms with E-state index in [1.54, 1.807) is 19.1 Å². The van der Waals surface area contributed by atoms with Gasteiger partial charge in [-0.15, -0.1) is 5.92 Å². The highest BCUT2D eigenvalue weighted by Crippen LogP contribution is 2.21. The molecule has 0 aliphatic heterocycles. The van der Waals surface area contributed by atoms with Crippen LogP contribution in [0.4, 0.5) is 0 Å². The Morgan fingerprint density at radius 3 is 2.47 bits per heavy atom. The number of phenolic OH excluding ortho intramolecular Hbond substituents is 1. The molecule has 2 N–H and O–H groups in total. The maximum absolute atomic E-state index is 10.6. The summed E-state index contributed by atoms with van der Waals surface area (Å²) in [6.45, 7) is 1.68. The van der Waals surface area contributed by atoms with Crippen LogP contribution < -0.4 is 0 Å². The quantitative estimate of drug-likeness (QED) is 0.740. The van der Waals surface area contributed by atoms with Crippen LogP contribution in [0.5, 0.6) is 5.75 Å². The fourth-order valence-corrected chi connectivity index (χ4v) is 1.31. The summed E-state index contributed by atoms with van der Waals surface area (Å²) in [6, 6.07) is 6.43. The SMILES string of the molecule is CC#C[C@H](CC(=O)O)c1ccc(O)cc1. The van der Waals surface area contributed by atoms with E-state index in [1.807, 2.05) is 0 Å². The summed E-state index contributed by atoms with van der Waals surface area (Å²) in [5.41, 5.74) is 0.810. The van der Waals surface area contributed by atoms with E-state index in [9.17, 15) is 4.79 Å². The van der Waals surface area contributed by atoms with Gasteiger partial charge in [0.15, 0.2) is 0 Å². The third-order valence-corrected chi connectivity index (χ3v) is 1.99. The van der Waals surface area contributed by atoms with Crippen LogP contribution in [0, 0.1) is 11.8 Å². The van der Waals surface area contributed by atoms with Gasteiger partial charge in [-0.3, -0.25) is 4.79 Å². The molecule has 0 amide bonds. The summed E-state index contributed by atoms with van der Waals surface area (Å²) >= 11 is 0. The van der Waals surface area contributed by atoms with Crippen LogP contribution in [-0.2, 0) is 4.79 Å². The molecule has 3 heteroatoms. The fraction of sp³-hybridized carbons (Fsp3) is 0.250. The van der Waals surface area contributed by atoms with E-state index >= 15 is 0 Å². The predicted octanol–water partition coefficient (Wildman–Crippen LogP) is 1.97. The van der Waals surface area contributed by atoms with Crippen molar-refractivity contribution in [3.8, 4) is 17.6 Å². The highest BCUT2D eigenvalue weighted by Gasteiger charge is 2.12. The van der Waals surface area contributed by atoms with Crippen LogP contribution in [0.25, 0.3) is 0 Å². The molecular weight excluding hydrogens is 192 g/mol. The smallest absolute Gasteiger partial charge is 0.304 e. The van der Waals surface area contributed by atoms with Crippen molar-refractivity contribution in [3.05, 3.63) is 29.8 Å². The molecule has 1 rings (SSSR count). The number of aliphatic carboxylic acids is 1. The minimum atomic E-state index is -0.879. The second-order valence-corrected chi connectivity index (χ2v) is 3.14. The van der Waals surface area contributed by atoms with Gasteiger partial charge < -0.3 is 10.2 Å². The first kappa shape index (κ1) is 11.1. The fourth-order valence-electron chi connectivity index (χ4n) is 1.31. The zero-order valence-corrected chi connectivity index (χ0v) is 8.40. The second kappa shape index (κ2) is 5.06. The predicted molar refractivity (Wildman–Crippen MR) is 56.6 cm³/mol. The van der Waals surface area contributed by atoms with E-state index in [2.05, 4.69) is 11.8 Å². The standard InChI is InChI=1S/C12H12O3/c1-2-3-10(8-12(14)15)9-4-6-11(13)7-5-9/h4-7,10,13H,8H2,1H3,(H,14,15)/t10-/m1/s1. The first-order valence-corrected chi connectivity index (χ1v) is 4.56. The van der Waals surface area contributed by atoms with Gasteiger partial charge in [0.25, 0.3) is 0 Å². The molecule has 78 valence electrons. The van der Waals surface area contributed by atoms with E-state index < -0.39 is 5.97 Å². The normalized spacial score (nSPS) is 11.3. The van der Waals surface area contributed by atoms with Crippen molar-refractivity contribution in [2.24, 2.45) is 0 Å². The van der Waals surface area contributed by atoms with Gasteiger partial charge >= 0.3 is 5.97 Å². The zero-order valence-electron chi connectivity index (χ0n) is 8.40. The number of hydrogen-bond acceptors (Lipinski definition) is 2. The van der Waals surface area contributed by atoms with Crippen LogP contribution >= 0.6 is 0 Å². The van der Waals surface area contributed by atoms with Gasteiger partial charge in [-0.2, -0.15) is 0 Å². The lowest BCUT2D eigenvalue weighted by atomic mass is 9.96. The first-order chi connectivity index (χ1) is 7.13. The molecule has 0 spiro atoms. The Balaban J connectivity index is 2.92. The average molecular weight is 204 g/mol. The van der Waals surface area contributed by atoms with Crippen molar-refractivity contribution < 1.29 is 15.0 Å². The maximum Gasteiger partial charge on any atom is 0.304 e. The molecule has 3 nitrogen and oxygen atoms in total. The van der Waals surface area contributed by atoms with Gasteiger partial charge in [-0.25, -0.2) is 0 Å². The molecule has 0 aliphatic carbocycles. The molecule has 0 heterocycles. The summed E-state index contributed by atoms with van der Waals surface area (Å²) in [5, 5.41) is 17.8. The molecule has 0 aromatic heterocycles. The Hall–Kier alpha value is -1.95. The van der Waals surface area contributed by atoms with Crippen molar-refractivity contribution >= 4 is 5.97 Å². The number of rotatable bonds is 3. The number of carboxylic acids is 1. The van der Waals surface area contributed by atoms with Gasteiger partial charge in [-0.05, 0) is 24.6 Å². The topological polar surface area (TPSA) is 57.5 Å². The molecule has 0 bridgehead atoms. The molecule has 0 fully saturated rings. The van der Waals surface area contributed by atoms with Crippen LogP contribution in [0.3, 0.4) is 0 Å². The summed E-state index contributed by atoms with van der Waals surface area (Å²) in [6.07, 6.45) is -0.0222. The molecule has 0 aliphatic rings. The molecule has 1 aromatic rings. The van der Waals surface area contributed by atoms with Crippen LogP contribution in [0.15, 0.2) is 24.3 Å². The Kier molecular flexibility index (Phi) is 3.75. The van der Waals surface area contributed by atoms with Crippen molar-refractivity contribution in [1.29, 1.82) is 0 Å². The van der Waals surface area contributed by atoms with Crippen molar-refractivity contribution in [1.82, 2.24) is 0 Å². The van der Waals surface area contributed by atoms with Gasteiger partial charge in [0, 0.05) is 0 Å². The minimum absolute atomic E-state index is 0.0222. The van der Waals surface area contributed by atoms with Crippen LogP contribution in [0.2, 0.25) is 0 Å². The van der Waals surface area contributed by atoms with Crippen LogP contribution in [0.1, 0.15) is 24.8 Å². The molecule has 0 unspecified atom stereocenters. The summed E-state index contributed by atoms with van der Waals surface area (Å²) < 4.78 is 0. The summed E-state index contributed by atoms with van der Waals surface area (Å²) in [5.74, 6) is 4.52. The zero-order chi connectivity index (χ0) is 11.3. The number of benzene rings is 1. The summed E-state index contributed by atoms with van der Waals surface area (Å²) in [7, 11) is 0. The molecule has 1 atom stereocenters. The molecule has 15 heavy (non-hydrogen) atoms. The Labute approximate surface area is 88.4 Å². The lowest BCUT2D eigenvalue weighted by molar-refractivity contribution is -0.137. The van der Waals surface area contributed by atoms with Gasteiger partial charge in [0.05, 0.1) is 12.3 Å². The molecule has 0 saturated carbocycles. The van der Waals surface area contributed by atoms with Gasteiger partial charge in [0.1, 0.15) is 5.75 Å². The maximum atomic E-state index is 10.6.